The van der Waals surface area contributed by atoms with Gasteiger partial charge in [0, 0.05) is 38.2 Å². The highest BCUT2D eigenvalue weighted by Crippen LogP contribution is 2.23. The van der Waals surface area contributed by atoms with E-state index in [9.17, 15) is 4.79 Å². The molecule has 0 atom stereocenters. The lowest BCUT2D eigenvalue weighted by molar-refractivity contribution is 0.0583. The van der Waals surface area contributed by atoms with Gasteiger partial charge >= 0.3 is 6.01 Å². The molecule has 1 amide bonds. The number of methoxy groups -OCH3 is 1. The molecule has 0 aliphatic carbocycles. The molecular weight excluding hydrogens is 334 g/mol. The Morgan fingerprint density at radius 2 is 2.00 bits per heavy atom. The van der Waals surface area contributed by atoms with Crippen molar-refractivity contribution in [2.24, 2.45) is 0 Å². The minimum atomic E-state index is -0.00351. The highest BCUT2D eigenvalue weighted by molar-refractivity contribution is 5.97. The van der Waals surface area contributed by atoms with Crippen LogP contribution in [-0.2, 0) is 0 Å². The molecule has 0 spiro atoms. The number of amides is 1. The number of likely N-dealkylation sites (tertiary alicyclic amines) is 1. The Morgan fingerprint density at radius 3 is 2.73 bits per heavy atom. The summed E-state index contributed by atoms with van der Waals surface area (Å²) < 4.78 is 16.5. The van der Waals surface area contributed by atoms with Crippen LogP contribution in [-0.4, -0.2) is 53.7 Å². The number of para-hydroxylation sites is 1. The Morgan fingerprint density at radius 1 is 1.23 bits per heavy atom. The average Bonchev–Trinajstić information content (AvgIpc) is 2.69. The second-order valence-corrected chi connectivity index (χ2v) is 5.92. The summed E-state index contributed by atoms with van der Waals surface area (Å²) in [7, 11) is 1.52. The van der Waals surface area contributed by atoms with Crippen LogP contribution in [0.4, 0.5) is 0 Å². The number of ether oxygens (including phenoxy) is 3. The van der Waals surface area contributed by atoms with Gasteiger partial charge in [-0.25, -0.2) is 4.98 Å². The Bertz CT molecular complexity index is 745. The summed E-state index contributed by atoms with van der Waals surface area (Å²) in [6.45, 7) is 3.70. The zero-order valence-corrected chi connectivity index (χ0v) is 15.1. The van der Waals surface area contributed by atoms with E-state index < -0.39 is 0 Å². The zero-order chi connectivity index (χ0) is 18.4. The number of nitrogens with zero attached hydrogens (tertiary/aromatic N) is 3. The number of carbonyl (C=O) groups is 1. The minimum Gasteiger partial charge on any atom is -0.493 e. The SMILES string of the molecule is CCOc1ccccc1C(=O)N1CCC(Oc2ccnc(OC)n2)CC1. The van der Waals surface area contributed by atoms with Crippen molar-refractivity contribution < 1.29 is 19.0 Å². The van der Waals surface area contributed by atoms with Crippen LogP contribution in [0, 0.1) is 0 Å². The van der Waals surface area contributed by atoms with Crippen molar-refractivity contribution >= 4 is 5.91 Å². The minimum absolute atomic E-state index is 0.00351. The second-order valence-electron chi connectivity index (χ2n) is 5.92. The van der Waals surface area contributed by atoms with Crippen LogP contribution >= 0.6 is 0 Å². The molecule has 1 fully saturated rings. The van der Waals surface area contributed by atoms with E-state index in [2.05, 4.69) is 9.97 Å². The van der Waals surface area contributed by atoms with Gasteiger partial charge in [0.05, 0.1) is 19.3 Å². The molecule has 0 radical (unpaired) electrons. The summed E-state index contributed by atoms with van der Waals surface area (Å²) >= 11 is 0. The van der Waals surface area contributed by atoms with E-state index in [4.69, 9.17) is 14.2 Å². The molecule has 0 N–H and O–H groups in total. The maximum atomic E-state index is 12.8. The first-order valence-electron chi connectivity index (χ1n) is 8.76. The van der Waals surface area contributed by atoms with Gasteiger partial charge in [0.2, 0.25) is 5.88 Å². The molecule has 0 unspecified atom stereocenters. The predicted molar refractivity (Wildman–Crippen MR) is 95.7 cm³/mol. The monoisotopic (exact) mass is 357 g/mol. The van der Waals surface area contributed by atoms with Crippen LogP contribution in [0.2, 0.25) is 0 Å². The van der Waals surface area contributed by atoms with Crippen molar-refractivity contribution in [1.82, 2.24) is 14.9 Å². The molecule has 0 bridgehead atoms. The summed E-state index contributed by atoms with van der Waals surface area (Å²) in [5.74, 6) is 1.12. The molecule has 1 aromatic carbocycles. The van der Waals surface area contributed by atoms with Crippen molar-refractivity contribution in [3.05, 3.63) is 42.1 Å². The first-order chi connectivity index (χ1) is 12.7. The second kappa shape index (κ2) is 8.51. The topological polar surface area (TPSA) is 73.8 Å². The fraction of sp³-hybridized carbons (Fsp3) is 0.421. The quantitative estimate of drug-likeness (QED) is 0.791. The summed E-state index contributed by atoms with van der Waals surface area (Å²) in [6.07, 6.45) is 3.11. The van der Waals surface area contributed by atoms with E-state index in [0.717, 1.165) is 12.8 Å². The first-order valence-corrected chi connectivity index (χ1v) is 8.76. The number of hydrogen-bond donors (Lipinski definition) is 0. The fourth-order valence-electron chi connectivity index (χ4n) is 2.93. The van der Waals surface area contributed by atoms with Gasteiger partial charge in [-0.3, -0.25) is 4.79 Å². The molecule has 2 heterocycles. The molecule has 1 aromatic heterocycles. The van der Waals surface area contributed by atoms with Crippen molar-refractivity contribution in [3.8, 4) is 17.6 Å². The van der Waals surface area contributed by atoms with Gasteiger partial charge in [0.25, 0.3) is 5.91 Å². The third-order valence-electron chi connectivity index (χ3n) is 4.22. The van der Waals surface area contributed by atoms with E-state index in [1.54, 1.807) is 12.3 Å². The summed E-state index contributed by atoms with van der Waals surface area (Å²) in [5.41, 5.74) is 0.606. The summed E-state index contributed by atoms with van der Waals surface area (Å²) in [6, 6.07) is 9.35. The third-order valence-corrected chi connectivity index (χ3v) is 4.22. The van der Waals surface area contributed by atoms with E-state index in [-0.39, 0.29) is 18.0 Å². The summed E-state index contributed by atoms with van der Waals surface area (Å²) in [5, 5.41) is 0. The number of aromatic nitrogens is 2. The molecule has 3 rings (SSSR count). The highest BCUT2D eigenvalue weighted by atomic mass is 16.5. The number of carbonyl (C=O) groups excluding carboxylic acids is 1. The van der Waals surface area contributed by atoms with E-state index >= 15 is 0 Å². The zero-order valence-electron chi connectivity index (χ0n) is 15.1. The highest BCUT2D eigenvalue weighted by Gasteiger charge is 2.26. The number of piperidine rings is 1. The van der Waals surface area contributed by atoms with Crippen LogP contribution < -0.4 is 14.2 Å². The van der Waals surface area contributed by atoms with Crippen molar-refractivity contribution in [3.63, 3.8) is 0 Å². The van der Waals surface area contributed by atoms with Crippen LogP contribution in [0.5, 0.6) is 17.6 Å². The fourth-order valence-corrected chi connectivity index (χ4v) is 2.93. The standard InChI is InChI=1S/C19H23N3O4/c1-3-25-16-7-5-4-6-15(16)18(23)22-12-9-14(10-13-22)26-17-8-11-20-19(21-17)24-2/h4-8,11,14H,3,9-10,12-13H2,1-2H3. The van der Waals surface area contributed by atoms with Crippen LogP contribution in [0.15, 0.2) is 36.5 Å². The third kappa shape index (κ3) is 4.22. The van der Waals surface area contributed by atoms with Gasteiger partial charge in [0.15, 0.2) is 0 Å². The number of hydrogen-bond acceptors (Lipinski definition) is 6. The number of rotatable bonds is 6. The maximum Gasteiger partial charge on any atom is 0.319 e. The molecule has 1 aliphatic rings. The van der Waals surface area contributed by atoms with Crippen molar-refractivity contribution in [1.29, 1.82) is 0 Å². The van der Waals surface area contributed by atoms with Gasteiger partial charge < -0.3 is 19.1 Å². The van der Waals surface area contributed by atoms with E-state index in [1.807, 2.05) is 36.1 Å². The molecule has 1 aliphatic heterocycles. The molecule has 7 heteroatoms. The van der Waals surface area contributed by atoms with Gasteiger partial charge in [0.1, 0.15) is 11.9 Å². The van der Waals surface area contributed by atoms with Crippen molar-refractivity contribution in [2.75, 3.05) is 26.8 Å². The lowest BCUT2D eigenvalue weighted by Gasteiger charge is -2.32. The smallest absolute Gasteiger partial charge is 0.319 e. The molecule has 26 heavy (non-hydrogen) atoms. The average molecular weight is 357 g/mol. The first kappa shape index (κ1) is 18.0. The van der Waals surface area contributed by atoms with Crippen LogP contribution in [0.1, 0.15) is 30.1 Å². The van der Waals surface area contributed by atoms with Gasteiger partial charge in [-0.15, -0.1) is 0 Å². The Balaban J connectivity index is 1.59. The van der Waals surface area contributed by atoms with Crippen molar-refractivity contribution in [2.45, 2.75) is 25.9 Å². The normalized spacial score (nSPS) is 14.8. The Kier molecular flexibility index (Phi) is 5.88. The molecule has 7 nitrogen and oxygen atoms in total. The molecule has 2 aromatic rings. The molecule has 138 valence electrons. The Labute approximate surface area is 152 Å². The van der Waals surface area contributed by atoms with E-state index in [0.29, 0.717) is 36.9 Å². The van der Waals surface area contributed by atoms with Crippen LogP contribution in [0.3, 0.4) is 0 Å². The molecular formula is C19H23N3O4. The van der Waals surface area contributed by atoms with Gasteiger partial charge in [-0.1, -0.05) is 12.1 Å². The largest absolute Gasteiger partial charge is 0.493 e. The number of benzene rings is 1. The predicted octanol–water partition coefficient (Wildman–Crippen LogP) is 2.57. The van der Waals surface area contributed by atoms with Crippen LogP contribution in [0.25, 0.3) is 0 Å². The maximum absolute atomic E-state index is 12.8. The lowest BCUT2D eigenvalue weighted by Crippen LogP contribution is -2.42. The lowest BCUT2D eigenvalue weighted by atomic mass is 10.1. The van der Waals surface area contributed by atoms with Gasteiger partial charge in [-0.2, -0.15) is 4.98 Å². The summed E-state index contributed by atoms with van der Waals surface area (Å²) in [4.78, 5) is 22.8. The van der Waals surface area contributed by atoms with Gasteiger partial charge in [-0.05, 0) is 19.1 Å². The Hall–Kier alpha value is -2.83. The molecule has 0 saturated carbocycles. The molecule has 1 saturated heterocycles. The van der Waals surface area contributed by atoms with E-state index in [1.165, 1.54) is 7.11 Å².